The molecule has 14 heteroatoms. The highest BCUT2D eigenvalue weighted by Crippen LogP contribution is 2.69. The number of nitrogens with zero attached hydrogens (tertiary/aromatic N) is 4. The number of anilines is 1. The van der Waals surface area contributed by atoms with Crippen molar-refractivity contribution in [2.75, 3.05) is 45.2 Å². The SMILES string of the molecule is COC12CC(C(=O)N3CCC(CN4CCC(C(=O)Nc5ccc(Cl)cc5OC(F)F)(n5nccc5C(C)C)CC4)(C(=O)O)CC3)(C1)C2. The van der Waals surface area contributed by atoms with E-state index in [9.17, 15) is 28.3 Å². The van der Waals surface area contributed by atoms with Crippen LogP contribution in [-0.2, 0) is 24.7 Å². The summed E-state index contributed by atoms with van der Waals surface area (Å²) in [6.07, 6.45) is 5.18. The number of nitrogens with one attached hydrogen (secondary N) is 1. The predicted molar refractivity (Wildman–Crippen MR) is 169 cm³/mol. The van der Waals surface area contributed by atoms with Crippen LogP contribution in [-0.4, -0.2) is 94.5 Å². The summed E-state index contributed by atoms with van der Waals surface area (Å²) in [6.45, 7) is 2.78. The van der Waals surface area contributed by atoms with Crippen LogP contribution in [0, 0.1) is 10.8 Å². The van der Waals surface area contributed by atoms with Crippen LogP contribution in [0.15, 0.2) is 30.5 Å². The zero-order chi connectivity index (χ0) is 33.8. The number of aliphatic carboxylic acids is 1. The topological polar surface area (TPSA) is 126 Å². The summed E-state index contributed by atoms with van der Waals surface area (Å²) in [4.78, 5) is 44.2. The summed E-state index contributed by atoms with van der Waals surface area (Å²) in [5, 5.41) is 18.0. The molecule has 3 heterocycles. The monoisotopic (exact) mass is 677 g/mol. The van der Waals surface area contributed by atoms with Crippen molar-refractivity contribution in [2.45, 2.75) is 82.5 Å². The minimum Gasteiger partial charge on any atom is -0.481 e. The molecule has 2 aromatic rings. The Bertz CT molecular complexity index is 1510. The Morgan fingerprint density at radius 3 is 2.28 bits per heavy atom. The lowest BCUT2D eigenvalue weighted by atomic mass is 9.40. The van der Waals surface area contributed by atoms with E-state index in [-0.39, 0.29) is 39.3 Å². The molecule has 47 heavy (non-hydrogen) atoms. The van der Waals surface area contributed by atoms with Gasteiger partial charge in [0, 0.05) is 62.8 Å². The molecule has 2 saturated heterocycles. The van der Waals surface area contributed by atoms with Gasteiger partial charge in [-0.2, -0.15) is 13.9 Å². The number of rotatable bonds is 11. The van der Waals surface area contributed by atoms with Gasteiger partial charge in [-0.25, -0.2) is 0 Å². The largest absolute Gasteiger partial charge is 0.481 e. The molecule has 0 atom stereocenters. The number of ether oxygens (including phenoxy) is 2. The van der Waals surface area contributed by atoms with Crippen molar-refractivity contribution >= 4 is 35.1 Å². The Balaban J connectivity index is 1.17. The van der Waals surface area contributed by atoms with E-state index in [1.165, 1.54) is 18.2 Å². The minimum atomic E-state index is -3.11. The Morgan fingerprint density at radius 2 is 1.70 bits per heavy atom. The number of methoxy groups -OCH3 is 1. The smallest absolute Gasteiger partial charge is 0.387 e. The number of carboxylic acid groups (broad SMARTS) is 1. The van der Waals surface area contributed by atoms with Gasteiger partial charge < -0.3 is 29.7 Å². The molecular formula is C33H42ClF2N5O6. The second-order valence-corrected chi connectivity index (χ2v) is 14.6. The minimum absolute atomic E-state index is 0.0435. The first-order valence-electron chi connectivity index (χ1n) is 16.2. The van der Waals surface area contributed by atoms with Crippen LogP contribution in [0.5, 0.6) is 5.75 Å². The molecule has 11 nitrogen and oxygen atoms in total. The molecule has 0 radical (unpaired) electrons. The fraction of sp³-hybridized carbons (Fsp3) is 0.636. The van der Waals surface area contributed by atoms with E-state index in [0.717, 1.165) is 25.0 Å². The van der Waals surface area contributed by atoms with Crippen LogP contribution in [0.25, 0.3) is 0 Å². The molecule has 3 saturated carbocycles. The molecule has 2 amide bonds. The van der Waals surface area contributed by atoms with E-state index in [1.807, 2.05) is 24.8 Å². The fourth-order valence-electron chi connectivity index (χ4n) is 8.23. The molecule has 1 aromatic heterocycles. The maximum atomic E-state index is 14.2. The molecular weight excluding hydrogens is 636 g/mol. The third-order valence-corrected chi connectivity index (χ3v) is 11.3. The average molecular weight is 678 g/mol. The fourth-order valence-corrected chi connectivity index (χ4v) is 8.40. The summed E-state index contributed by atoms with van der Waals surface area (Å²) in [6, 6.07) is 5.98. The van der Waals surface area contributed by atoms with Gasteiger partial charge in [-0.3, -0.25) is 19.1 Å². The molecule has 2 bridgehead atoms. The van der Waals surface area contributed by atoms with Crippen molar-refractivity contribution in [3.8, 4) is 5.75 Å². The summed E-state index contributed by atoms with van der Waals surface area (Å²) in [7, 11) is 1.69. The highest BCUT2D eigenvalue weighted by atomic mass is 35.5. The van der Waals surface area contributed by atoms with Gasteiger partial charge >= 0.3 is 12.6 Å². The van der Waals surface area contributed by atoms with Crippen molar-refractivity contribution < 1.29 is 37.7 Å². The maximum Gasteiger partial charge on any atom is 0.387 e. The zero-order valence-electron chi connectivity index (χ0n) is 26.9. The van der Waals surface area contributed by atoms with E-state index in [4.69, 9.17) is 16.3 Å². The number of alkyl halides is 2. The van der Waals surface area contributed by atoms with Gasteiger partial charge in [0.2, 0.25) is 5.91 Å². The number of carbonyl (C=O) groups excluding carboxylic acids is 2. The lowest BCUT2D eigenvalue weighted by molar-refractivity contribution is -0.268. The van der Waals surface area contributed by atoms with Gasteiger partial charge in [-0.1, -0.05) is 25.4 Å². The van der Waals surface area contributed by atoms with Crippen molar-refractivity contribution in [2.24, 2.45) is 10.8 Å². The zero-order valence-corrected chi connectivity index (χ0v) is 27.7. The summed E-state index contributed by atoms with van der Waals surface area (Å²) >= 11 is 6.02. The number of hydrogen-bond acceptors (Lipinski definition) is 7. The Kier molecular flexibility index (Phi) is 8.80. The number of likely N-dealkylation sites (tertiary alicyclic amines) is 2. The second-order valence-electron chi connectivity index (χ2n) is 14.2. The Morgan fingerprint density at radius 1 is 1.04 bits per heavy atom. The maximum absolute atomic E-state index is 14.2. The predicted octanol–water partition coefficient (Wildman–Crippen LogP) is 4.95. The molecule has 7 rings (SSSR count). The van der Waals surface area contributed by atoms with Crippen molar-refractivity contribution in [1.82, 2.24) is 19.6 Å². The third kappa shape index (κ3) is 5.88. The Labute approximate surface area is 277 Å². The number of halogens is 3. The number of carbonyl (C=O) groups is 3. The van der Waals surface area contributed by atoms with Crippen LogP contribution in [0.1, 0.15) is 70.4 Å². The van der Waals surface area contributed by atoms with Gasteiger partial charge in [0.15, 0.2) is 5.75 Å². The first kappa shape index (κ1) is 33.6. The summed E-state index contributed by atoms with van der Waals surface area (Å²) in [5.41, 5.74) is -1.77. The van der Waals surface area contributed by atoms with E-state index in [2.05, 4.69) is 20.1 Å². The summed E-state index contributed by atoms with van der Waals surface area (Å²) in [5.74, 6) is -1.41. The van der Waals surface area contributed by atoms with Crippen LogP contribution in [0.2, 0.25) is 5.02 Å². The van der Waals surface area contributed by atoms with Crippen LogP contribution >= 0.6 is 11.6 Å². The number of piperidine rings is 2. The third-order valence-electron chi connectivity index (χ3n) is 11.0. The molecule has 5 fully saturated rings. The van der Waals surface area contributed by atoms with Crippen molar-refractivity contribution in [1.29, 1.82) is 0 Å². The van der Waals surface area contributed by atoms with Crippen LogP contribution in [0.3, 0.4) is 0 Å². The van der Waals surface area contributed by atoms with Gasteiger partial charge in [0.25, 0.3) is 5.91 Å². The standard InChI is InChI=1S/C33H42ClF2N5O6/c1-21(2)24-6-11-37-41(24)33(26(42)38-23-5-4-22(34)16-25(23)47-29(35)36)9-12-39(13-10-33)20-30(28(44)45)7-14-40(15-8-30)27(43)31-17-32(18-31,19-31)46-3/h4-6,11,16,21,29H,7-10,12-15,17-20H2,1-3H3,(H,38,42)(H,44,45). The first-order valence-corrected chi connectivity index (χ1v) is 16.5. The molecule has 1 aromatic carbocycles. The molecule has 3 aliphatic carbocycles. The lowest BCUT2D eigenvalue weighted by Crippen LogP contribution is -2.73. The van der Waals surface area contributed by atoms with E-state index in [1.54, 1.807) is 18.0 Å². The molecule has 256 valence electrons. The molecule has 0 unspecified atom stereocenters. The number of benzene rings is 1. The first-order chi connectivity index (χ1) is 22.3. The van der Waals surface area contributed by atoms with Crippen molar-refractivity contribution in [3.63, 3.8) is 0 Å². The van der Waals surface area contributed by atoms with Gasteiger partial charge in [-0.05, 0) is 69.1 Å². The van der Waals surface area contributed by atoms with E-state index >= 15 is 0 Å². The van der Waals surface area contributed by atoms with Gasteiger partial charge in [0.05, 0.1) is 22.1 Å². The normalized spacial score (nSPS) is 26.4. The Hall–Kier alpha value is -3.29. The second kappa shape index (κ2) is 12.3. The van der Waals surface area contributed by atoms with E-state index < -0.39 is 29.4 Å². The van der Waals surface area contributed by atoms with E-state index in [0.29, 0.717) is 58.4 Å². The number of aromatic nitrogens is 2. The summed E-state index contributed by atoms with van der Waals surface area (Å²) < 4.78 is 38.3. The van der Waals surface area contributed by atoms with Crippen molar-refractivity contribution in [3.05, 3.63) is 41.2 Å². The number of amides is 2. The van der Waals surface area contributed by atoms with Gasteiger partial charge in [-0.15, -0.1) is 0 Å². The molecule has 2 N–H and O–H groups in total. The molecule has 5 aliphatic rings. The van der Waals surface area contributed by atoms with Crippen LogP contribution in [0.4, 0.5) is 14.5 Å². The number of carboxylic acids is 1. The van der Waals surface area contributed by atoms with Crippen LogP contribution < -0.4 is 10.1 Å². The quantitative estimate of drug-likeness (QED) is 0.342. The highest BCUT2D eigenvalue weighted by Gasteiger charge is 2.73. The molecule has 0 spiro atoms. The molecule has 2 aliphatic heterocycles. The average Bonchev–Trinajstić information content (AvgIpc) is 3.49. The van der Waals surface area contributed by atoms with Gasteiger partial charge in [0.1, 0.15) is 5.54 Å². The number of hydrogen-bond donors (Lipinski definition) is 2. The highest BCUT2D eigenvalue weighted by molar-refractivity contribution is 6.30. The lowest BCUT2D eigenvalue weighted by Gasteiger charge is -2.68.